The van der Waals surface area contributed by atoms with Crippen LogP contribution in [0.25, 0.3) is 0 Å². The molecule has 1 amide bonds. The summed E-state index contributed by atoms with van der Waals surface area (Å²) in [5.74, 6) is 0.766. The van der Waals surface area contributed by atoms with E-state index in [2.05, 4.69) is 5.32 Å². The summed E-state index contributed by atoms with van der Waals surface area (Å²) in [6.45, 7) is 1.72. The van der Waals surface area contributed by atoms with E-state index in [1.165, 1.54) is 0 Å². The van der Waals surface area contributed by atoms with Gasteiger partial charge in [-0.3, -0.25) is 4.79 Å². The second-order valence-electron chi connectivity index (χ2n) is 4.15. The van der Waals surface area contributed by atoms with Crippen molar-refractivity contribution in [1.82, 2.24) is 5.32 Å². The number of aliphatic hydroxyl groups excluding tert-OH is 1. The summed E-state index contributed by atoms with van der Waals surface area (Å²) in [6, 6.07) is 9.53. The molecule has 0 radical (unpaired) electrons. The zero-order valence-electron chi connectivity index (χ0n) is 10.3. The van der Waals surface area contributed by atoms with Gasteiger partial charge in [-0.15, -0.1) is 0 Å². The number of carbonyl (C=O) groups is 1. The van der Waals surface area contributed by atoms with Gasteiger partial charge < -0.3 is 10.4 Å². The highest BCUT2D eigenvalue weighted by Gasteiger charge is 2.27. The molecule has 4 heteroatoms. The SMILES string of the molecule is CSCCC(=O)NC(C)(CO)c1ccccc1. The van der Waals surface area contributed by atoms with Gasteiger partial charge in [0.25, 0.3) is 0 Å². The smallest absolute Gasteiger partial charge is 0.221 e. The molecule has 1 atom stereocenters. The van der Waals surface area contributed by atoms with Crippen molar-refractivity contribution in [2.24, 2.45) is 0 Å². The lowest BCUT2D eigenvalue weighted by atomic mass is 9.93. The average Bonchev–Trinajstić information content (AvgIpc) is 2.37. The number of benzene rings is 1. The third-order valence-electron chi connectivity index (χ3n) is 2.68. The van der Waals surface area contributed by atoms with Crippen LogP contribution >= 0.6 is 11.8 Å². The van der Waals surface area contributed by atoms with E-state index in [0.717, 1.165) is 11.3 Å². The summed E-state index contributed by atoms with van der Waals surface area (Å²) in [5.41, 5.74) is 0.219. The predicted molar refractivity (Wildman–Crippen MR) is 72.0 cm³/mol. The lowest BCUT2D eigenvalue weighted by Crippen LogP contribution is -2.46. The highest BCUT2D eigenvalue weighted by Crippen LogP contribution is 2.19. The summed E-state index contributed by atoms with van der Waals surface area (Å²) in [4.78, 5) is 11.7. The van der Waals surface area contributed by atoms with Crippen LogP contribution in [0.1, 0.15) is 18.9 Å². The van der Waals surface area contributed by atoms with Gasteiger partial charge in [0.05, 0.1) is 12.1 Å². The molecule has 0 aliphatic heterocycles. The molecule has 0 spiro atoms. The summed E-state index contributed by atoms with van der Waals surface area (Å²) in [7, 11) is 0. The Morgan fingerprint density at radius 2 is 2.06 bits per heavy atom. The maximum absolute atomic E-state index is 11.7. The number of amides is 1. The summed E-state index contributed by atoms with van der Waals surface area (Å²) < 4.78 is 0. The van der Waals surface area contributed by atoms with E-state index >= 15 is 0 Å². The number of nitrogens with one attached hydrogen (secondary N) is 1. The lowest BCUT2D eigenvalue weighted by molar-refractivity contribution is -0.123. The van der Waals surface area contributed by atoms with Gasteiger partial charge in [-0.25, -0.2) is 0 Å². The normalized spacial score (nSPS) is 14.1. The molecular weight excluding hydrogens is 234 g/mol. The molecule has 0 heterocycles. The zero-order valence-corrected chi connectivity index (χ0v) is 11.1. The summed E-state index contributed by atoms with van der Waals surface area (Å²) in [5, 5.41) is 12.4. The van der Waals surface area contributed by atoms with Gasteiger partial charge in [-0.05, 0) is 18.7 Å². The highest BCUT2D eigenvalue weighted by molar-refractivity contribution is 7.98. The van der Waals surface area contributed by atoms with Crippen LogP contribution < -0.4 is 5.32 Å². The average molecular weight is 253 g/mol. The van der Waals surface area contributed by atoms with Gasteiger partial charge in [-0.1, -0.05) is 30.3 Å². The Labute approximate surface area is 107 Å². The fourth-order valence-corrected chi connectivity index (χ4v) is 1.96. The molecule has 1 unspecified atom stereocenters. The molecule has 0 aliphatic rings. The van der Waals surface area contributed by atoms with E-state index in [1.54, 1.807) is 11.8 Å². The summed E-state index contributed by atoms with van der Waals surface area (Å²) in [6.07, 6.45) is 2.44. The van der Waals surface area contributed by atoms with Gasteiger partial charge in [0, 0.05) is 12.2 Å². The Morgan fingerprint density at radius 1 is 1.41 bits per heavy atom. The van der Waals surface area contributed by atoms with Gasteiger partial charge in [0.1, 0.15) is 0 Å². The van der Waals surface area contributed by atoms with Gasteiger partial charge >= 0.3 is 0 Å². The minimum absolute atomic E-state index is 0.0280. The molecule has 17 heavy (non-hydrogen) atoms. The van der Waals surface area contributed by atoms with Crippen LogP contribution in [0.4, 0.5) is 0 Å². The van der Waals surface area contributed by atoms with Crippen LogP contribution in [-0.2, 0) is 10.3 Å². The number of rotatable bonds is 6. The highest BCUT2D eigenvalue weighted by atomic mass is 32.2. The molecule has 0 aliphatic carbocycles. The van der Waals surface area contributed by atoms with Crippen LogP contribution in [0.15, 0.2) is 30.3 Å². The standard InChI is InChI=1S/C13H19NO2S/c1-13(10-15,11-6-4-3-5-7-11)14-12(16)8-9-17-2/h3-7,15H,8-10H2,1-2H3,(H,14,16). The van der Waals surface area contributed by atoms with E-state index in [0.29, 0.717) is 6.42 Å². The van der Waals surface area contributed by atoms with Crippen molar-refractivity contribution < 1.29 is 9.90 Å². The summed E-state index contributed by atoms with van der Waals surface area (Å²) >= 11 is 1.64. The van der Waals surface area contributed by atoms with E-state index in [4.69, 9.17) is 0 Å². The third-order valence-corrected chi connectivity index (χ3v) is 3.29. The number of hydrogen-bond acceptors (Lipinski definition) is 3. The monoisotopic (exact) mass is 253 g/mol. The maximum Gasteiger partial charge on any atom is 0.221 e. The number of hydrogen-bond donors (Lipinski definition) is 2. The Hall–Kier alpha value is -1.00. The Kier molecular flexibility index (Phi) is 5.51. The number of thioether (sulfide) groups is 1. The first-order valence-corrected chi connectivity index (χ1v) is 6.98. The Balaban J connectivity index is 2.72. The molecule has 1 aromatic rings. The number of aliphatic hydroxyl groups is 1. The van der Waals surface area contributed by atoms with E-state index < -0.39 is 5.54 Å². The molecule has 3 nitrogen and oxygen atoms in total. The van der Waals surface area contributed by atoms with E-state index in [-0.39, 0.29) is 12.5 Å². The topological polar surface area (TPSA) is 49.3 Å². The van der Waals surface area contributed by atoms with Crippen LogP contribution in [-0.4, -0.2) is 29.6 Å². The van der Waals surface area contributed by atoms with Crippen LogP contribution in [0.5, 0.6) is 0 Å². The molecule has 1 aromatic carbocycles. The van der Waals surface area contributed by atoms with Gasteiger partial charge in [-0.2, -0.15) is 11.8 Å². The zero-order chi connectivity index (χ0) is 12.7. The van der Waals surface area contributed by atoms with Crippen LogP contribution in [0, 0.1) is 0 Å². The minimum Gasteiger partial charge on any atom is -0.394 e. The molecule has 0 aromatic heterocycles. The van der Waals surface area contributed by atoms with Crippen LogP contribution in [0.3, 0.4) is 0 Å². The van der Waals surface area contributed by atoms with Crippen molar-refractivity contribution in [2.45, 2.75) is 18.9 Å². The molecule has 0 saturated heterocycles. The van der Waals surface area contributed by atoms with Crippen molar-refractivity contribution in [3.63, 3.8) is 0 Å². The van der Waals surface area contributed by atoms with Crippen molar-refractivity contribution >= 4 is 17.7 Å². The quantitative estimate of drug-likeness (QED) is 0.812. The number of carbonyl (C=O) groups excluding carboxylic acids is 1. The molecule has 94 valence electrons. The fourth-order valence-electron chi connectivity index (χ4n) is 1.57. The van der Waals surface area contributed by atoms with Crippen molar-refractivity contribution in [3.8, 4) is 0 Å². The predicted octanol–water partition coefficient (Wildman–Crippen LogP) is 1.76. The molecular formula is C13H19NO2S. The second-order valence-corrected chi connectivity index (χ2v) is 5.13. The van der Waals surface area contributed by atoms with Gasteiger partial charge in [0.15, 0.2) is 0 Å². The third kappa shape index (κ3) is 4.06. The molecule has 0 saturated carbocycles. The molecule has 0 fully saturated rings. The second kappa shape index (κ2) is 6.67. The first-order valence-electron chi connectivity index (χ1n) is 5.59. The van der Waals surface area contributed by atoms with Crippen molar-refractivity contribution in [3.05, 3.63) is 35.9 Å². The van der Waals surface area contributed by atoms with Crippen LogP contribution in [0.2, 0.25) is 0 Å². The lowest BCUT2D eigenvalue weighted by Gasteiger charge is -2.29. The fraction of sp³-hybridized carbons (Fsp3) is 0.462. The first kappa shape index (κ1) is 14.1. The van der Waals surface area contributed by atoms with Crippen molar-refractivity contribution in [2.75, 3.05) is 18.6 Å². The van der Waals surface area contributed by atoms with E-state index in [9.17, 15) is 9.90 Å². The maximum atomic E-state index is 11.7. The first-order chi connectivity index (χ1) is 8.12. The molecule has 0 bridgehead atoms. The Bertz CT molecular complexity index is 356. The van der Waals surface area contributed by atoms with Crippen molar-refractivity contribution in [1.29, 1.82) is 0 Å². The van der Waals surface area contributed by atoms with Gasteiger partial charge in [0.2, 0.25) is 5.91 Å². The van der Waals surface area contributed by atoms with E-state index in [1.807, 2.05) is 43.5 Å². The minimum atomic E-state index is -0.698. The Morgan fingerprint density at radius 3 is 2.59 bits per heavy atom. The largest absolute Gasteiger partial charge is 0.394 e. The molecule has 2 N–H and O–H groups in total. The molecule has 1 rings (SSSR count).